The molecule has 0 fully saturated rings. The van der Waals surface area contributed by atoms with Gasteiger partial charge in [-0.1, -0.05) is 31.9 Å². The van der Waals surface area contributed by atoms with E-state index in [9.17, 15) is 0 Å². The lowest BCUT2D eigenvalue weighted by Crippen LogP contribution is -1.86. The van der Waals surface area contributed by atoms with Crippen molar-refractivity contribution < 1.29 is 0 Å². The van der Waals surface area contributed by atoms with Crippen molar-refractivity contribution in [2.75, 3.05) is 0 Å². The van der Waals surface area contributed by atoms with Crippen LogP contribution in [0.4, 0.5) is 0 Å². The molecule has 0 aliphatic rings. The second-order valence-corrected chi connectivity index (χ2v) is 4.49. The summed E-state index contributed by atoms with van der Waals surface area (Å²) in [4.78, 5) is 0. The van der Waals surface area contributed by atoms with Crippen molar-refractivity contribution in [3.8, 4) is 0 Å². The van der Waals surface area contributed by atoms with Crippen LogP contribution in [0.3, 0.4) is 0 Å². The van der Waals surface area contributed by atoms with Gasteiger partial charge in [-0.2, -0.15) is 0 Å². The Morgan fingerprint density at radius 3 is 2.46 bits per heavy atom. The highest BCUT2D eigenvalue weighted by Gasteiger charge is 1.93. The fourth-order valence-electron chi connectivity index (χ4n) is 1.27. The Labute approximate surface area is 94.9 Å². The van der Waals surface area contributed by atoms with Gasteiger partial charge in [-0.25, -0.2) is 0 Å². The minimum Gasteiger partial charge on any atom is -0.0654 e. The number of benzene rings is 1. The summed E-state index contributed by atoms with van der Waals surface area (Å²) < 4.78 is 1.32. The molecule has 0 amide bonds. The van der Waals surface area contributed by atoms with Crippen LogP contribution in [-0.2, 0) is 6.42 Å². The van der Waals surface area contributed by atoms with E-state index in [1.807, 2.05) is 0 Å². The van der Waals surface area contributed by atoms with E-state index in [1.54, 1.807) is 0 Å². The monoisotopic (exact) mass is 287 g/mol. The van der Waals surface area contributed by atoms with E-state index in [0.29, 0.717) is 0 Å². The zero-order valence-electron chi connectivity index (χ0n) is 8.09. The molecule has 1 aromatic rings. The normalized spacial score (nSPS) is 10.3. The molecule has 0 aliphatic carbocycles. The molecule has 0 aromatic heterocycles. The zero-order chi connectivity index (χ0) is 9.52. The van der Waals surface area contributed by atoms with Crippen LogP contribution in [-0.4, -0.2) is 0 Å². The first-order chi connectivity index (χ1) is 6.33. The lowest BCUT2D eigenvalue weighted by atomic mass is 10.1. The van der Waals surface area contributed by atoms with Gasteiger partial charge >= 0.3 is 0 Å². The van der Waals surface area contributed by atoms with Gasteiger partial charge in [0.05, 0.1) is 0 Å². The molecule has 0 nitrogen and oxygen atoms in total. The number of rotatable bonds is 5. The van der Waals surface area contributed by atoms with Gasteiger partial charge in [0.15, 0.2) is 0 Å². The van der Waals surface area contributed by atoms with E-state index in [-0.39, 0.29) is 0 Å². The molecule has 1 radical (unpaired) electrons. The molecule has 1 heteroatoms. The lowest BCUT2D eigenvalue weighted by Gasteiger charge is -2.00. The van der Waals surface area contributed by atoms with Crippen molar-refractivity contribution >= 4 is 22.6 Å². The maximum Gasteiger partial charge on any atom is 0.0130 e. The van der Waals surface area contributed by atoms with Gasteiger partial charge < -0.3 is 0 Å². The van der Waals surface area contributed by atoms with Crippen LogP contribution in [0.15, 0.2) is 24.3 Å². The molecule has 0 unspecified atom stereocenters. The maximum absolute atomic E-state index is 2.39. The molecule has 0 saturated heterocycles. The van der Waals surface area contributed by atoms with E-state index in [2.05, 4.69) is 60.2 Å². The number of hydrogen-bond donors (Lipinski definition) is 0. The maximum atomic E-state index is 2.39. The number of halogens is 1. The molecule has 0 heterocycles. The molecule has 0 bridgehead atoms. The fraction of sp³-hybridized carbons (Fsp3) is 0.417. The van der Waals surface area contributed by atoms with Gasteiger partial charge in [0.2, 0.25) is 0 Å². The van der Waals surface area contributed by atoms with Crippen molar-refractivity contribution in [3.05, 3.63) is 39.8 Å². The lowest BCUT2D eigenvalue weighted by molar-refractivity contribution is 0.810. The van der Waals surface area contributed by atoms with Crippen molar-refractivity contribution in [2.24, 2.45) is 0 Å². The SMILES string of the molecule is CCC[CH]CCc1ccc(I)cc1. The standard InChI is InChI=1S/C12H16I/c1-2-3-4-5-6-11-7-9-12(13)10-8-11/h4,7-10H,2-3,5-6H2,1H3. The smallest absolute Gasteiger partial charge is 0.0130 e. The summed E-state index contributed by atoms with van der Waals surface area (Å²) in [5.74, 6) is 0. The Hall–Kier alpha value is -0.0500. The van der Waals surface area contributed by atoms with Crippen molar-refractivity contribution in [2.45, 2.75) is 32.6 Å². The minimum atomic E-state index is 1.19. The molecule has 0 N–H and O–H groups in total. The van der Waals surface area contributed by atoms with Crippen LogP contribution in [0.5, 0.6) is 0 Å². The molecule has 0 saturated carbocycles. The average Bonchev–Trinajstić information content (AvgIpc) is 2.15. The third-order valence-corrected chi connectivity index (χ3v) is 2.76. The molecule has 0 spiro atoms. The van der Waals surface area contributed by atoms with E-state index in [1.165, 1.54) is 34.8 Å². The van der Waals surface area contributed by atoms with Crippen molar-refractivity contribution in [1.29, 1.82) is 0 Å². The number of aryl methyl sites for hydroxylation is 1. The average molecular weight is 287 g/mol. The Morgan fingerprint density at radius 1 is 1.15 bits per heavy atom. The van der Waals surface area contributed by atoms with Gasteiger partial charge in [-0.3, -0.25) is 0 Å². The summed E-state index contributed by atoms with van der Waals surface area (Å²) in [5, 5.41) is 0. The van der Waals surface area contributed by atoms with Gasteiger partial charge in [0.25, 0.3) is 0 Å². The van der Waals surface area contributed by atoms with Crippen molar-refractivity contribution in [1.82, 2.24) is 0 Å². The van der Waals surface area contributed by atoms with Crippen LogP contribution in [0.1, 0.15) is 31.7 Å². The largest absolute Gasteiger partial charge is 0.0654 e. The van der Waals surface area contributed by atoms with E-state index < -0.39 is 0 Å². The summed E-state index contributed by atoms with van der Waals surface area (Å²) in [7, 11) is 0. The molecule has 1 rings (SSSR count). The zero-order valence-corrected chi connectivity index (χ0v) is 10.3. The fourth-order valence-corrected chi connectivity index (χ4v) is 1.63. The highest BCUT2D eigenvalue weighted by Crippen LogP contribution is 2.10. The third-order valence-electron chi connectivity index (χ3n) is 2.04. The first-order valence-corrected chi connectivity index (χ1v) is 5.97. The molecule has 1 aromatic carbocycles. The Kier molecular flexibility index (Phi) is 5.44. The molecular formula is C12H16I. The molecule has 0 aliphatic heterocycles. The molecule has 71 valence electrons. The van der Waals surface area contributed by atoms with Gasteiger partial charge in [-0.15, -0.1) is 0 Å². The molecule has 0 atom stereocenters. The first kappa shape index (κ1) is 11.0. The highest BCUT2D eigenvalue weighted by molar-refractivity contribution is 14.1. The summed E-state index contributed by atoms with van der Waals surface area (Å²) >= 11 is 2.34. The minimum absolute atomic E-state index is 1.19. The Balaban J connectivity index is 2.25. The number of hydrogen-bond acceptors (Lipinski definition) is 0. The van der Waals surface area contributed by atoms with Crippen LogP contribution < -0.4 is 0 Å². The van der Waals surface area contributed by atoms with Crippen LogP contribution in [0.25, 0.3) is 0 Å². The Morgan fingerprint density at radius 2 is 1.85 bits per heavy atom. The first-order valence-electron chi connectivity index (χ1n) is 4.89. The van der Waals surface area contributed by atoms with E-state index in [0.717, 1.165) is 0 Å². The second kappa shape index (κ2) is 6.41. The highest BCUT2D eigenvalue weighted by atomic mass is 127. The Bertz CT molecular complexity index is 225. The summed E-state index contributed by atoms with van der Waals surface area (Å²) in [6.45, 7) is 2.22. The van der Waals surface area contributed by atoms with Crippen LogP contribution in [0, 0.1) is 9.99 Å². The van der Waals surface area contributed by atoms with E-state index in [4.69, 9.17) is 0 Å². The second-order valence-electron chi connectivity index (χ2n) is 3.24. The van der Waals surface area contributed by atoms with Crippen LogP contribution >= 0.6 is 22.6 Å². The summed E-state index contributed by atoms with van der Waals surface area (Å²) in [5.41, 5.74) is 1.45. The van der Waals surface area contributed by atoms with Crippen molar-refractivity contribution in [3.63, 3.8) is 0 Å². The topological polar surface area (TPSA) is 0 Å². The summed E-state index contributed by atoms with van der Waals surface area (Å²) in [6, 6.07) is 8.80. The van der Waals surface area contributed by atoms with E-state index >= 15 is 0 Å². The third kappa shape index (κ3) is 4.65. The molecular weight excluding hydrogens is 271 g/mol. The predicted octanol–water partition coefficient (Wildman–Crippen LogP) is 4.23. The summed E-state index contributed by atoms with van der Waals surface area (Å²) in [6.07, 6.45) is 7.32. The van der Waals surface area contributed by atoms with Gasteiger partial charge in [0, 0.05) is 3.57 Å². The van der Waals surface area contributed by atoms with Gasteiger partial charge in [0.1, 0.15) is 0 Å². The predicted molar refractivity (Wildman–Crippen MR) is 66.7 cm³/mol. The quantitative estimate of drug-likeness (QED) is 0.561. The van der Waals surface area contributed by atoms with Gasteiger partial charge in [-0.05, 0) is 59.5 Å². The number of unbranched alkanes of at least 4 members (excludes halogenated alkanes) is 3. The van der Waals surface area contributed by atoms with Crippen LogP contribution in [0.2, 0.25) is 0 Å². The molecule has 13 heavy (non-hydrogen) atoms.